The number of hydrogen-bond acceptors (Lipinski definition) is 3. The van der Waals surface area contributed by atoms with Crippen LogP contribution in [0.4, 0.5) is 5.13 Å². The molecule has 3 rings (SSSR count). The number of hydrogen-bond donors (Lipinski definition) is 2. The molecule has 2 N–H and O–H groups in total. The summed E-state index contributed by atoms with van der Waals surface area (Å²) in [5.41, 5.74) is 2.39. The van der Waals surface area contributed by atoms with E-state index in [0.717, 1.165) is 28.6 Å². The number of halogens is 1. The summed E-state index contributed by atoms with van der Waals surface area (Å²) in [5.74, 6) is 0. The van der Waals surface area contributed by atoms with Gasteiger partial charge in [0.05, 0.1) is 5.69 Å². The zero-order valence-corrected chi connectivity index (χ0v) is 13.9. The van der Waals surface area contributed by atoms with E-state index in [1.807, 2.05) is 24.3 Å². The van der Waals surface area contributed by atoms with Gasteiger partial charge in [-0.1, -0.05) is 23.7 Å². The summed E-state index contributed by atoms with van der Waals surface area (Å²) >= 11 is 12.9. The van der Waals surface area contributed by atoms with Crippen LogP contribution in [-0.2, 0) is 19.4 Å². The molecule has 1 aliphatic rings. The zero-order chi connectivity index (χ0) is 14.7. The predicted octanol–water partition coefficient (Wildman–Crippen LogP) is 4.16. The van der Waals surface area contributed by atoms with Crippen molar-refractivity contribution in [3.8, 4) is 0 Å². The fourth-order valence-electron chi connectivity index (χ4n) is 2.33. The van der Waals surface area contributed by atoms with Crippen molar-refractivity contribution in [2.45, 2.75) is 32.2 Å². The van der Waals surface area contributed by atoms with E-state index in [4.69, 9.17) is 23.8 Å². The molecule has 110 valence electrons. The number of anilines is 1. The van der Waals surface area contributed by atoms with Crippen LogP contribution >= 0.6 is 35.2 Å². The molecule has 0 radical (unpaired) electrons. The number of benzene rings is 1. The van der Waals surface area contributed by atoms with E-state index in [2.05, 4.69) is 15.6 Å². The van der Waals surface area contributed by atoms with Crippen LogP contribution in [0.3, 0.4) is 0 Å². The van der Waals surface area contributed by atoms with Crippen LogP contribution in [-0.4, -0.2) is 10.1 Å². The third-order valence-electron chi connectivity index (χ3n) is 3.43. The molecule has 0 atom stereocenters. The third kappa shape index (κ3) is 3.93. The summed E-state index contributed by atoms with van der Waals surface area (Å²) in [5, 5.41) is 8.62. The van der Waals surface area contributed by atoms with Crippen molar-refractivity contribution >= 4 is 45.4 Å². The van der Waals surface area contributed by atoms with E-state index < -0.39 is 0 Å². The van der Waals surface area contributed by atoms with Crippen LogP contribution in [0, 0.1) is 0 Å². The normalized spacial score (nSPS) is 13.6. The molecule has 0 unspecified atom stereocenters. The Morgan fingerprint density at radius 1 is 1.24 bits per heavy atom. The molecule has 0 fully saturated rings. The number of thiazole rings is 1. The lowest BCUT2D eigenvalue weighted by Crippen LogP contribution is -2.27. The molecular formula is C15H16ClN3S2. The van der Waals surface area contributed by atoms with Crippen molar-refractivity contribution < 1.29 is 0 Å². The molecule has 1 aromatic heterocycles. The number of fused-ring (bicyclic) bond motifs is 1. The van der Waals surface area contributed by atoms with Crippen LogP contribution in [0.1, 0.15) is 29.0 Å². The first-order valence-corrected chi connectivity index (χ1v) is 8.59. The molecule has 0 bridgehead atoms. The fourth-order valence-corrected chi connectivity index (χ4v) is 3.75. The predicted molar refractivity (Wildman–Crippen MR) is 93.3 cm³/mol. The maximum Gasteiger partial charge on any atom is 0.189 e. The summed E-state index contributed by atoms with van der Waals surface area (Å²) in [6.07, 6.45) is 4.77. The monoisotopic (exact) mass is 337 g/mol. The molecule has 0 saturated carbocycles. The molecule has 1 heterocycles. The summed E-state index contributed by atoms with van der Waals surface area (Å²) in [6, 6.07) is 7.73. The molecule has 0 spiro atoms. The summed E-state index contributed by atoms with van der Waals surface area (Å²) in [6.45, 7) is 0.675. The number of aryl methyl sites for hydroxylation is 2. The summed E-state index contributed by atoms with van der Waals surface area (Å²) < 4.78 is 0. The van der Waals surface area contributed by atoms with E-state index in [9.17, 15) is 0 Å². The van der Waals surface area contributed by atoms with Gasteiger partial charge in [-0.25, -0.2) is 4.98 Å². The van der Waals surface area contributed by atoms with Gasteiger partial charge in [-0.15, -0.1) is 11.3 Å². The molecule has 21 heavy (non-hydrogen) atoms. The van der Waals surface area contributed by atoms with Gasteiger partial charge in [0, 0.05) is 16.4 Å². The fraction of sp³-hybridized carbons (Fsp3) is 0.333. The lowest BCUT2D eigenvalue weighted by molar-refractivity contribution is 0.683. The maximum atomic E-state index is 5.87. The summed E-state index contributed by atoms with van der Waals surface area (Å²) in [7, 11) is 0. The second-order valence-electron chi connectivity index (χ2n) is 5.03. The Morgan fingerprint density at radius 3 is 2.76 bits per heavy atom. The lowest BCUT2D eigenvalue weighted by Gasteiger charge is -2.08. The van der Waals surface area contributed by atoms with Gasteiger partial charge in [-0.05, 0) is 55.6 Å². The first-order chi connectivity index (χ1) is 10.2. The average Bonchev–Trinajstić information content (AvgIpc) is 2.88. The Kier molecular flexibility index (Phi) is 4.73. The van der Waals surface area contributed by atoms with Crippen molar-refractivity contribution in [2.75, 3.05) is 5.32 Å². The first-order valence-electron chi connectivity index (χ1n) is 6.98. The molecule has 1 aromatic carbocycles. The minimum atomic E-state index is 0.607. The second kappa shape index (κ2) is 6.73. The Morgan fingerprint density at radius 2 is 2.00 bits per heavy atom. The topological polar surface area (TPSA) is 37.0 Å². The van der Waals surface area contributed by atoms with E-state index in [-0.39, 0.29) is 0 Å². The van der Waals surface area contributed by atoms with Crippen LogP contribution in [0.25, 0.3) is 0 Å². The smallest absolute Gasteiger partial charge is 0.189 e. The number of nitrogens with one attached hydrogen (secondary N) is 2. The Balaban J connectivity index is 1.54. The standard InChI is InChI=1S/C15H16ClN3S2/c16-11-7-5-10(6-8-11)9-17-14(20)19-15-18-12-3-1-2-4-13(12)21-15/h5-8H,1-4,9H2,(H2,17,18,19,20). The molecule has 0 saturated heterocycles. The molecule has 6 heteroatoms. The Hall–Kier alpha value is -1.17. The number of aromatic nitrogens is 1. The van der Waals surface area contributed by atoms with Crippen molar-refractivity contribution in [2.24, 2.45) is 0 Å². The van der Waals surface area contributed by atoms with Crippen LogP contribution in [0.15, 0.2) is 24.3 Å². The van der Waals surface area contributed by atoms with Crippen molar-refractivity contribution in [1.29, 1.82) is 0 Å². The molecule has 2 aromatic rings. The number of thiocarbonyl (C=S) groups is 1. The second-order valence-corrected chi connectivity index (χ2v) is 6.96. The van der Waals surface area contributed by atoms with Crippen molar-refractivity contribution in [3.05, 3.63) is 45.4 Å². The van der Waals surface area contributed by atoms with Crippen molar-refractivity contribution in [3.63, 3.8) is 0 Å². The minimum Gasteiger partial charge on any atom is -0.358 e. The molecular weight excluding hydrogens is 322 g/mol. The van der Waals surface area contributed by atoms with Gasteiger partial charge < -0.3 is 10.6 Å². The highest BCUT2D eigenvalue weighted by molar-refractivity contribution is 7.80. The zero-order valence-electron chi connectivity index (χ0n) is 11.5. The quantitative estimate of drug-likeness (QED) is 0.824. The highest BCUT2D eigenvalue weighted by Gasteiger charge is 2.15. The van der Waals surface area contributed by atoms with E-state index in [1.54, 1.807) is 11.3 Å². The molecule has 0 amide bonds. The first kappa shape index (κ1) is 14.8. The van der Waals surface area contributed by atoms with Gasteiger partial charge in [0.2, 0.25) is 0 Å². The highest BCUT2D eigenvalue weighted by atomic mass is 35.5. The minimum absolute atomic E-state index is 0.607. The van der Waals surface area contributed by atoms with E-state index in [1.165, 1.54) is 23.4 Å². The third-order valence-corrected chi connectivity index (χ3v) is 5.00. The number of nitrogens with zero attached hydrogens (tertiary/aromatic N) is 1. The van der Waals surface area contributed by atoms with Crippen molar-refractivity contribution in [1.82, 2.24) is 10.3 Å². The van der Waals surface area contributed by atoms with Gasteiger partial charge in [-0.2, -0.15) is 0 Å². The van der Waals surface area contributed by atoms with Gasteiger partial charge in [-0.3, -0.25) is 0 Å². The van der Waals surface area contributed by atoms with Gasteiger partial charge in [0.1, 0.15) is 0 Å². The van der Waals surface area contributed by atoms with Gasteiger partial charge >= 0.3 is 0 Å². The largest absolute Gasteiger partial charge is 0.358 e. The number of rotatable bonds is 3. The maximum absolute atomic E-state index is 5.87. The van der Waals surface area contributed by atoms with Crippen LogP contribution < -0.4 is 10.6 Å². The van der Waals surface area contributed by atoms with E-state index in [0.29, 0.717) is 11.7 Å². The highest BCUT2D eigenvalue weighted by Crippen LogP contribution is 2.29. The SMILES string of the molecule is S=C(NCc1ccc(Cl)cc1)Nc1nc2c(s1)CCCC2. The average molecular weight is 338 g/mol. The molecule has 0 aliphatic heterocycles. The van der Waals surface area contributed by atoms with Crippen LogP contribution in [0.2, 0.25) is 5.02 Å². The van der Waals surface area contributed by atoms with Crippen LogP contribution in [0.5, 0.6) is 0 Å². The molecule has 3 nitrogen and oxygen atoms in total. The molecule has 1 aliphatic carbocycles. The van der Waals surface area contributed by atoms with Gasteiger partial charge in [0.15, 0.2) is 10.2 Å². The van der Waals surface area contributed by atoms with Gasteiger partial charge in [0.25, 0.3) is 0 Å². The Labute approximate surface area is 138 Å². The lowest BCUT2D eigenvalue weighted by atomic mass is 10.0. The Bertz CT molecular complexity index is 613. The summed E-state index contributed by atoms with van der Waals surface area (Å²) in [4.78, 5) is 6.03. The van der Waals surface area contributed by atoms with E-state index >= 15 is 0 Å².